The number of hydrogen-bond donors (Lipinski definition) is 2. The molecule has 0 aliphatic carbocycles. The zero-order chi connectivity index (χ0) is 16.3. The van der Waals surface area contributed by atoms with Crippen LogP contribution in [0.2, 0.25) is 0 Å². The standard InChI is InChI=1S/C13H14FN3O4S/c1-17(21-2)13(18)12-7-9(8-15-12)22(19,20)16-11-6-4-3-5-10(11)14/h3-8,15-16H,1-2H3. The number of amides is 1. The van der Waals surface area contributed by atoms with Gasteiger partial charge in [0.15, 0.2) is 0 Å². The van der Waals surface area contributed by atoms with E-state index in [9.17, 15) is 17.6 Å². The van der Waals surface area contributed by atoms with Crippen molar-refractivity contribution in [2.45, 2.75) is 4.90 Å². The Morgan fingerprint density at radius 3 is 2.68 bits per heavy atom. The zero-order valence-corrected chi connectivity index (χ0v) is 12.6. The predicted octanol–water partition coefficient (Wildman–Crippen LogP) is 1.59. The average Bonchev–Trinajstić information content (AvgIpc) is 2.98. The average molecular weight is 327 g/mol. The highest BCUT2D eigenvalue weighted by Gasteiger charge is 2.21. The van der Waals surface area contributed by atoms with Gasteiger partial charge in [-0.05, 0) is 18.2 Å². The van der Waals surface area contributed by atoms with Gasteiger partial charge in [-0.3, -0.25) is 14.4 Å². The van der Waals surface area contributed by atoms with E-state index in [-0.39, 0.29) is 16.3 Å². The smallest absolute Gasteiger partial charge is 0.293 e. The summed E-state index contributed by atoms with van der Waals surface area (Å²) >= 11 is 0. The molecule has 0 saturated carbocycles. The van der Waals surface area contributed by atoms with Crippen LogP contribution in [-0.2, 0) is 14.9 Å². The van der Waals surface area contributed by atoms with E-state index in [4.69, 9.17) is 4.84 Å². The van der Waals surface area contributed by atoms with Crippen LogP contribution in [-0.4, -0.2) is 38.5 Å². The fraction of sp³-hybridized carbons (Fsp3) is 0.154. The monoisotopic (exact) mass is 327 g/mol. The second-order valence-corrected chi connectivity index (χ2v) is 6.00. The van der Waals surface area contributed by atoms with E-state index >= 15 is 0 Å². The predicted molar refractivity (Wildman–Crippen MR) is 77.1 cm³/mol. The minimum absolute atomic E-state index is 0.0262. The number of benzene rings is 1. The Morgan fingerprint density at radius 2 is 2.05 bits per heavy atom. The minimum Gasteiger partial charge on any atom is -0.356 e. The van der Waals surface area contributed by atoms with E-state index in [1.807, 2.05) is 0 Å². The van der Waals surface area contributed by atoms with Crippen LogP contribution in [0.3, 0.4) is 0 Å². The van der Waals surface area contributed by atoms with Crippen LogP contribution in [0.4, 0.5) is 10.1 Å². The van der Waals surface area contributed by atoms with E-state index in [1.165, 1.54) is 32.4 Å². The molecule has 2 rings (SSSR count). The fourth-order valence-corrected chi connectivity index (χ4v) is 2.71. The number of rotatable bonds is 5. The maximum atomic E-state index is 13.5. The van der Waals surface area contributed by atoms with E-state index < -0.39 is 21.7 Å². The van der Waals surface area contributed by atoms with E-state index in [0.717, 1.165) is 23.4 Å². The van der Waals surface area contributed by atoms with Gasteiger partial charge in [-0.1, -0.05) is 12.1 Å². The van der Waals surface area contributed by atoms with Gasteiger partial charge in [0.25, 0.3) is 15.9 Å². The minimum atomic E-state index is -4.01. The molecule has 1 amide bonds. The summed E-state index contributed by atoms with van der Waals surface area (Å²) < 4.78 is 40.0. The molecule has 0 bridgehead atoms. The maximum Gasteiger partial charge on any atom is 0.293 e. The molecule has 0 atom stereocenters. The highest BCUT2D eigenvalue weighted by molar-refractivity contribution is 7.92. The molecular formula is C13H14FN3O4S. The van der Waals surface area contributed by atoms with Crippen LogP contribution in [0.5, 0.6) is 0 Å². The largest absolute Gasteiger partial charge is 0.356 e. The molecule has 1 aromatic heterocycles. The number of aromatic amines is 1. The molecule has 1 aromatic carbocycles. The molecule has 0 saturated heterocycles. The Labute approximate surface area is 126 Å². The molecule has 118 valence electrons. The third kappa shape index (κ3) is 3.26. The molecule has 22 heavy (non-hydrogen) atoms. The third-order valence-electron chi connectivity index (χ3n) is 2.88. The first kappa shape index (κ1) is 16.0. The molecule has 2 aromatic rings. The number of hydroxylamine groups is 2. The second-order valence-electron chi connectivity index (χ2n) is 4.32. The number of hydrogen-bond acceptors (Lipinski definition) is 4. The summed E-state index contributed by atoms with van der Waals surface area (Å²) in [6.45, 7) is 0. The van der Waals surface area contributed by atoms with Crippen molar-refractivity contribution in [2.24, 2.45) is 0 Å². The number of halogens is 1. The molecule has 1 heterocycles. The summed E-state index contributed by atoms with van der Waals surface area (Å²) in [6, 6.07) is 6.52. The number of aromatic nitrogens is 1. The molecule has 9 heteroatoms. The van der Waals surface area contributed by atoms with Crippen LogP contribution in [0, 0.1) is 5.82 Å². The highest BCUT2D eigenvalue weighted by atomic mass is 32.2. The van der Waals surface area contributed by atoms with Gasteiger partial charge in [-0.2, -0.15) is 0 Å². The van der Waals surface area contributed by atoms with Gasteiger partial charge in [0.1, 0.15) is 16.4 Å². The summed E-state index contributed by atoms with van der Waals surface area (Å²) in [6.07, 6.45) is 1.14. The van der Waals surface area contributed by atoms with Gasteiger partial charge in [0.2, 0.25) is 0 Å². The topological polar surface area (TPSA) is 91.5 Å². The summed E-state index contributed by atoms with van der Waals surface area (Å²) in [5.41, 5.74) is -0.149. The number of nitrogens with zero attached hydrogens (tertiary/aromatic N) is 1. The second kappa shape index (κ2) is 6.16. The molecular weight excluding hydrogens is 313 g/mol. The SMILES string of the molecule is CON(C)C(=O)c1cc(S(=O)(=O)Nc2ccccc2F)c[nH]1. The summed E-state index contributed by atoms with van der Waals surface area (Å²) in [5, 5.41) is 0.937. The van der Waals surface area contributed by atoms with Crippen molar-refractivity contribution in [3.8, 4) is 0 Å². The quantitative estimate of drug-likeness (QED) is 0.816. The Morgan fingerprint density at radius 1 is 1.36 bits per heavy atom. The van der Waals surface area contributed by atoms with Crippen LogP contribution in [0.25, 0.3) is 0 Å². The number of para-hydroxylation sites is 1. The first-order valence-corrected chi connectivity index (χ1v) is 7.61. The summed E-state index contributed by atoms with van der Waals surface area (Å²) in [5.74, 6) is -1.24. The lowest BCUT2D eigenvalue weighted by Crippen LogP contribution is -2.25. The molecule has 0 unspecified atom stereocenters. The van der Waals surface area contributed by atoms with Gasteiger partial charge in [0.05, 0.1) is 12.8 Å². The lowest BCUT2D eigenvalue weighted by atomic mass is 10.3. The first-order chi connectivity index (χ1) is 10.3. The van der Waals surface area contributed by atoms with Crippen molar-refractivity contribution >= 4 is 21.6 Å². The van der Waals surface area contributed by atoms with Crippen molar-refractivity contribution in [1.82, 2.24) is 10.0 Å². The van der Waals surface area contributed by atoms with Crippen molar-refractivity contribution < 1.29 is 22.4 Å². The first-order valence-electron chi connectivity index (χ1n) is 6.13. The molecule has 0 fully saturated rings. The van der Waals surface area contributed by atoms with Crippen molar-refractivity contribution in [1.29, 1.82) is 0 Å². The number of nitrogens with one attached hydrogen (secondary N) is 2. The summed E-state index contributed by atoms with van der Waals surface area (Å²) in [4.78, 5) is 18.9. The Kier molecular flexibility index (Phi) is 4.48. The highest BCUT2D eigenvalue weighted by Crippen LogP contribution is 2.19. The normalized spacial score (nSPS) is 11.2. The Bertz CT molecular complexity index is 788. The fourth-order valence-electron chi connectivity index (χ4n) is 1.65. The molecule has 0 spiro atoms. The molecule has 0 aliphatic rings. The van der Waals surface area contributed by atoms with Crippen molar-refractivity contribution in [3.63, 3.8) is 0 Å². The van der Waals surface area contributed by atoms with Crippen LogP contribution >= 0.6 is 0 Å². The van der Waals surface area contributed by atoms with Crippen LogP contribution in [0.1, 0.15) is 10.5 Å². The van der Waals surface area contributed by atoms with E-state index in [1.54, 1.807) is 0 Å². The molecule has 2 N–H and O–H groups in total. The number of sulfonamides is 1. The third-order valence-corrected chi connectivity index (χ3v) is 4.22. The maximum absolute atomic E-state index is 13.5. The number of anilines is 1. The van der Waals surface area contributed by atoms with Gasteiger partial charge in [-0.25, -0.2) is 17.9 Å². The van der Waals surface area contributed by atoms with Gasteiger partial charge in [0, 0.05) is 13.2 Å². The number of carbonyl (C=O) groups excluding carboxylic acids is 1. The van der Waals surface area contributed by atoms with Crippen molar-refractivity contribution in [3.05, 3.63) is 48.0 Å². The van der Waals surface area contributed by atoms with Gasteiger partial charge < -0.3 is 4.98 Å². The zero-order valence-electron chi connectivity index (χ0n) is 11.8. The Hall–Kier alpha value is -2.39. The van der Waals surface area contributed by atoms with E-state index in [0.29, 0.717) is 0 Å². The number of H-pyrrole nitrogens is 1. The van der Waals surface area contributed by atoms with Crippen LogP contribution in [0.15, 0.2) is 41.4 Å². The molecule has 0 radical (unpaired) electrons. The van der Waals surface area contributed by atoms with Crippen LogP contribution < -0.4 is 4.72 Å². The Balaban J connectivity index is 2.26. The summed E-state index contributed by atoms with van der Waals surface area (Å²) in [7, 11) is -1.33. The van der Waals surface area contributed by atoms with Gasteiger partial charge in [-0.15, -0.1) is 0 Å². The van der Waals surface area contributed by atoms with E-state index in [2.05, 4.69) is 9.71 Å². The van der Waals surface area contributed by atoms with Crippen molar-refractivity contribution in [2.75, 3.05) is 18.9 Å². The lowest BCUT2D eigenvalue weighted by Gasteiger charge is -2.11. The molecule has 7 nitrogen and oxygen atoms in total. The lowest BCUT2D eigenvalue weighted by molar-refractivity contribution is -0.0760. The molecule has 0 aliphatic heterocycles. The van der Waals surface area contributed by atoms with Gasteiger partial charge >= 0.3 is 0 Å². The number of carbonyl (C=O) groups is 1.